The lowest BCUT2D eigenvalue weighted by atomic mass is 9.93. The number of rotatable bonds is 5. The zero-order valence-electron chi connectivity index (χ0n) is 11.9. The number of nitrogens with one attached hydrogen (secondary N) is 1. The number of hydrogen-bond acceptors (Lipinski definition) is 3. The first-order valence-electron chi connectivity index (χ1n) is 7.12. The molecular formula is C14H26N4. The largest absolute Gasteiger partial charge is 0.337 e. The highest BCUT2D eigenvalue weighted by Gasteiger charge is 2.25. The molecule has 1 aromatic rings. The van der Waals surface area contributed by atoms with E-state index in [0.29, 0.717) is 6.04 Å². The Morgan fingerprint density at radius 2 is 2.33 bits per heavy atom. The quantitative estimate of drug-likeness (QED) is 0.862. The van der Waals surface area contributed by atoms with Crippen molar-refractivity contribution in [2.24, 2.45) is 13.0 Å². The molecule has 1 aliphatic rings. The first-order valence-corrected chi connectivity index (χ1v) is 7.12. The van der Waals surface area contributed by atoms with Crippen molar-refractivity contribution in [2.75, 3.05) is 19.6 Å². The highest BCUT2D eigenvalue weighted by molar-refractivity contribution is 4.93. The summed E-state index contributed by atoms with van der Waals surface area (Å²) in [5.41, 5.74) is 0. The summed E-state index contributed by atoms with van der Waals surface area (Å²) in [7, 11) is 2.07. The average Bonchev–Trinajstić information content (AvgIpc) is 2.74. The minimum atomic E-state index is 0.697. The molecule has 4 heteroatoms. The van der Waals surface area contributed by atoms with Gasteiger partial charge in [-0.25, -0.2) is 4.98 Å². The third-order valence-corrected chi connectivity index (χ3v) is 3.93. The van der Waals surface area contributed by atoms with E-state index < -0.39 is 0 Å². The fourth-order valence-electron chi connectivity index (χ4n) is 2.76. The van der Waals surface area contributed by atoms with Crippen molar-refractivity contribution < 1.29 is 0 Å². The number of hydrogen-bond donors (Lipinski definition) is 1. The van der Waals surface area contributed by atoms with Crippen LogP contribution in [0.1, 0.15) is 32.5 Å². The van der Waals surface area contributed by atoms with Crippen molar-refractivity contribution >= 4 is 0 Å². The number of aromatic nitrogens is 2. The summed E-state index contributed by atoms with van der Waals surface area (Å²) in [5.74, 6) is 1.90. The molecule has 4 nitrogen and oxygen atoms in total. The van der Waals surface area contributed by atoms with E-state index in [2.05, 4.69) is 40.7 Å². The smallest absolute Gasteiger partial charge is 0.122 e. The molecule has 2 atom stereocenters. The Kier molecular flexibility index (Phi) is 4.78. The predicted molar refractivity (Wildman–Crippen MR) is 74.3 cm³/mol. The van der Waals surface area contributed by atoms with Crippen LogP contribution in [0.3, 0.4) is 0 Å². The van der Waals surface area contributed by atoms with Crippen molar-refractivity contribution in [3.8, 4) is 0 Å². The summed E-state index contributed by atoms with van der Waals surface area (Å²) < 4.78 is 2.12. The second kappa shape index (κ2) is 6.34. The van der Waals surface area contributed by atoms with Gasteiger partial charge in [0.25, 0.3) is 0 Å². The third kappa shape index (κ3) is 3.33. The van der Waals surface area contributed by atoms with Crippen molar-refractivity contribution in [2.45, 2.75) is 39.3 Å². The van der Waals surface area contributed by atoms with Crippen LogP contribution in [0.5, 0.6) is 0 Å². The highest BCUT2D eigenvalue weighted by atomic mass is 15.2. The van der Waals surface area contributed by atoms with Crippen molar-refractivity contribution in [3.05, 3.63) is 18.2 Å². The van der Waals surface area contributed by atoms with Crippen molar-refractivity contribution in [1.82, 2.24) is 19.8 Å². The standard InChI is InChI=1S/C14H26N4/c1-4-6-15-13-5-8-18(10-12(13)2)11-14-16-7-9-17(14)3/h7,9,12-13,15H,4-6,8,10-11H2,1-3H3. The van der Waals surface area contributed by atoms with E-state index in [1.54, 1.807) is 0 Å². The Labute approximate surface area is 110 Å². The van der Waals surface area contributed by atoms with Gasteiger partial charge in [0, 0.05) is 38.6 Å². The molecule has 2 rings (SSSR count). The summed E-state index contributed by atoms with van der Waals surface area (Å²) in [5, 5.41) is 3.66. The van der Waals surface area contributed by atoms with Crippen LogP contribution in [0.15, 0.2) is 12.4 Å². The molecule has 1 N–H and O–H groups in total. The van der Waals surface area contributed by atoms with Crippen LogP contribution >= 0.6 is 0 Å². The Bertz CT molecular complexity index is 360. The number of piperidine rings is 1. The van der Waals surface area contributed by atoms with Crippen LogP contribution in [0.4, 0.5) is 0 Å². The lowest BCUT2D eigenvalue weighted by Crippen LogP contribution is -2.48. The average molecular weight is 250 g/mol. The van der Waals surface area contributed by atoms with Gasteiger partial charge in [0.15, 0.2) is 0 Å². The first-order chi connectivity index (χ1) is 8.70. The van der Waals surface area contributed by atoms with Gasteiger partial charge in [-0.3, -0.25) is 4.90 Å². The monoisotopic (exact) mass is 250 g/mol. The van der Waals surface area contributed by atoms with Gasteiger partial charge in [-0.2, -0.15) is 0 Å². The van der Waals surface area contributed by atoms with Crippen molar-refractivity contribution in [1.29, 1.82) is 0 Å². The van der Waals surface area contributed by atoms with E-state index >= 15 is 0 Å². The van der Waals surface area contributed by atoms with E-state index in [-0.39, 0.29) is 0 Å². The second-order valence-electron chi connectivity index (χ2n) is 5.52. The maximum atomic E-state index is 4.41. The minimum absolute atomic E-state index is 0.697. The lowest BCUT2D eigenvalue weighted by Gasteiger charge is -2.37. The molecule has 18 heavy (non-hydrogen) atoms. The number of likely N-dealkylation sites (tertiary alicyclic amines) is 1. The number of imidazole rings is 1. The van der Waals surface area contributed by atoms with E-state index in [4.69, 9.17) is 0 Å². The van der Waals surface area contributed by atoms with Crippen LogP contribution in [0.2, 0.25) is 0 Å². The summed E-state index contributed by atoms with van der Waals surface area (Å²) in [4.78, 5) is 6.93. The van der Waals surface area contributed by atoms with E-state index in [1.807, 2.05) is 12.4 Å². The maximum Gasteiger partial charge on any atom is 0.122 e. The molecule has 0 amide bonds. The first kappa shape index (κ1) is 13.6. The maximum absolute atomic E-state index is 4.41. The normalized spacial score (nSPS) is 25.5. The molecule has 0 radical (unpaired) electrons. The molecule has 0 bridgehead atoms. The molecule has 0 spiro atoms. The van der Waals surface area contributed by atoms with E-state index in [1.165, 1.54) is 31.8 Å². The molecular weight excluding hydrogens is 224 g/mol. The van der Waals surface area contributed by atoms with Crippen LogP contribution < -0.4 is 5.32 Å². The molecule has 2 heterocycles. The van der Waals surface area contributed by atoms with Gasteiger partial charge in [-0.15, -0.1) is 0 Å². The van der Waals surface area contributed by atoms with Crippen LogP contribution in [0, 0.1) is 5.92 Å². The molecule has 1 saturated heterocycles. The lowest BCUT2D eigenvalue weighted by molar-refractivity contribution is 0.137. The SMILES string of the molecule is CCCNC1CCN(Cc2nccn2C)CC1C. The molecule has 1 fully saturated rings. The summed E-state index contributed by atoms with van der Waals surface area (Å²) in [6.07, 6.45) is 6.38. The van der Waals surface area contributed by atoms with Crippen molar-refractivity contribution in [3.63, 3.8) is 0 Å². The topological polar surface area (TPSA) is 33.1 Å². The zero-order chi connectivity index (χ0) is 13.0. The van der Waals surface area contributed by atoms with Gasteiger partial charge in [0.2, 0.25) is 0 Å². The Morgan fingerprint density at radius 1 is 1.50 bits per heavy atom. The molecule has 2 unspecified atom stereocenters. The predicted octanol–water partition coefficient (Wildman–Crippen LogP) is 1.63. The Balaban J connectivity index is 1.83. The Morgan fingerprint density at radius 3 is 2.94 bits per heavy atom. The van der Waals surface area contributed by atoms with Gasteiger partial charge < -0.3 is 9.88 Å². The van der Waals surface area contributed by atoms with Gasteiger partial charge in [-0.05, 0) is 25.3 Å². The fraction of sp³-hybridized carbons (Fsp3) is 0.786. The zero-order valence-corrected chi connectivity index (χ0v) is 11.9. The van der Waals surface area contributed by atoms with Gasteiger partial charge in [-0.1, -0.05) is 13.8 Å². The van der Waals surface area contributed by atoms with Crippen LogP contribution in [-0.4, -0.2) is 40.1 Å². The van der Waals surface area contributed by atoms with Crippen LogP contribution in [-0.2, 0) is 13.6 Å². The number of aryl methyl sites for hydroxylation is 1. The highest BCUT2D eigenvalue weighted by Crippen LogP contribution is 2.18. The molecule has 0 aromatic carbocycles. The fourth-order valence-corrected chi connectivity index (χ4v) is 2.76. The van der Waals surface area contributed by atoms with E-state index in [9.17, 15) is 0 Å². The van der Waals surface area contributed by atoms with Gasteiger partial charge >= 0.3 is 0 Å². The third-order valence-electron chi connectivity index (χ3n) is 3.93. The Hall–Kier alpha value is -0.870. The molecule has 102 valence electrons. The summed E-state index contributed by atoms with van der Waals surface area (Å²) in [6.45, 7) is 9.07. The van der Waals surface area contributed by atoms with E-state index in [0.717, 1.165) is 19.0 Å². The van der Waals surface area contributed by atoms with Gasteiger partial charge in [0.1, 0.15) is 5.82 Å². The molecule has 1 aromatic heterocycles. The van der Waals surface area contributed by atoms with Crippen LogP contribution in [0.25, 0.3) is 0 Å². The summed E-state index contributed by atoms with van der Waals surface area (Å²) in [6, 6.07) is 0.697. The molecule has 1 aliphatic heterocycles. The molecule has 0 aliphatic carbocycles. The molecule has 0 saturated carbocycles. The number of nitrogens with zero attached hydrogens (tertiary/aromatic N) is 3. The second-order valence-corrected chi connectivity index (χ2v) is 5.52. The summed E-state index contributed by atoms with van der Waals surface area (Å²) >= 11 is 0. The minimum Gasteiger partial charge on any atom is -0.337 e. The van der Waals surface area contributed by atoms with Gasteiger partial charge in [0.05, 0.1) is 6.54 Å².